The van der Waals surface area contributed by atoms with Crippen molar-refractivity contribution in [2.75, 3.05) is 27.8 Å². The Morgan fingerprint density at radius 3 is 2.50 bits per heavy atom. The highest BCUT2D eigenvalue weighted by molar-refractivity contribution is 6.03. The van der Waals surface area contributed by atoms with E-state index in [9.17, 15) is 14.0 Å². The number of amides is 2. The van der Waals surface area contributed by atoms with E-state index in [1.54, 1.807) is 51.6 Å². The van der Waals surface area contributed by atoms with Crippen molar-refractivity contribution in [1.82, 2.24) is 9.91 Å². The molecule has 1 atom stereocenters. The van der Waals surface area contributed by atoms with Crippen molar-refractivity contribution in [3.8, 4) is 11.5 Å². The smallest absolute Gasteiger partial charge is 0.262 e. The zero-order valence-corrected chi connectivity index (χ0v) is 18.4. The first-order chi connectivity index (χ1) is 15.4. The SMILES string of the molecule is COc1ccc(C2CC(c3ccccc3F)=NN2C(=O)CN(C)C(=O)C2CC2)cc1OC. The highest BCUT2D eigenvalue weighted by atomic mass is 19.1. The molecular formula is C24H26FN3O4. The third-order valence-electron chi connectivity index (χ3n) is 5.82. The van der Waals surface area contributed by atoms with Gasteiger partial charge in [-0.2, -0.15) is 5.10 Å². The van der Waals surface area contributed by atoms with Crippen molar-refractivity contribution in [2.24, 2.45) is 11.0 Å². The number of rotatable bonds is 7. The third kappa shape index (κ3) is 4.30. The number of ether oxygens (including phenoxy) is 2. The lowest BCUT2D eigenvalue weighted by molar-refractivity contribution is -0.141. The van der Waals surface area contributed by atoms with Gasteiger partial charge in [-0.25, -0.2) is 9.40 Å². The van der Waals surface area contributed by atoms with Gasteiger partial charge in [0.25, 0.3) is 5.91 Å². The maximum absolute atomic E-state index is 14.5. The van der Waals surface area contributed by atoms with Gasteiger partial charge in [0.1, 0.15) is 12.4 Å². The molecule has 7 nitrogen and oxygen atoms in total. The zero-order valence-electron chi connectivity index (χ0n) is 18.4. The van der Waals surface area contributed by atoms with Crippen LogP contribution in [0, 0.1) is 11.7 Å². The molecule has 2 aromatic carbocycles. The second-order valence-corrected chi connectivity index (χ2v) is 8.07. The van der Waals surface area contributed by atoms with Crippen LogP contribution in [0.25, 0.3) is 0 Å². The topological polar surface area (TPSA) is 71.4 Å². The van der Waals surface area contributed by atoms with Gasteiger partial charge in [-0.15, -0.1) is 0 Å². The van der Waals surface area contributed by atoms with Crippen LogP contribution in [0.1, 0.15) is 36.4 Å². The van der Waals surface area contributed by atoms with E-state index in [1.165, 1.54) is 16.0 Å². The molecule has 1 aliphatic carbocycles. The van der Waals surface area contributed by atoms with E-state index < -0.39 is 11.9 Å². The van der Waals surface area contributed by atoms with Crippen molar-refractivity contribution in [3.05, 3.63) is 59.4 Å². The lowest BCUT2D eigenvalue weighted by Gasteiger charge is -2.25. The first-order valence-corrected chi connectivity index (χ1v) is 10.5. The largest absolute Gasteiger partial charge is 0.493 e. The van der Waals surface area contributed by atoms with Gasteiger partial charge >= 0.3 is 0 Å². The van der Waals surface area contributed by atoms with Crippen LogP contribution in [0.3, 0.4) is 0 Å². The van der Waals surface area contributed by atoms with Crippen molar-refractivity contribution < 1.29 is 23.5 Å². The number of carbonyl (C=O) groups is 2. The molecule has 2 amide bonds. The number of benzene rings is 2. The summed E-state index contributed by atoms with van der Waals surface area (Å²) in [7, 11) is 4.72. The lowest BCUT2D eigenvalue weighted by Crippen LogP contribution is -2.39. The van der Waals surface area contributed by atoms with Gasteiger partial charge in [0.05, 0.1) is 26.0 Å². The molecule has 2 aromatic rings. The molecule has 32 heavy (non-hydrogen) atoms. The maximum atomic E-state index is 14.5. The van der Waals surface area contributed by atoms with Crippen molar-refractivity contribution in [3.63, 3.8) is 0 Å². The minimum atomic E-state index is -0.457. The number of hydrazone groups is 1. The Balaban J connectivity index is 1.65. The Hall–Kier alpha value is -3.42. The standard InChI is InChI=1S/C24H26FN3O4/c1-27(24(30)15-8-9-15)14-23(29)28-20(16-10-11-21(31-2)22(12-16)32-3)13-19(26-28)17-6-4-5-7-18(17)25/h4-7,10-12,15,20H,8-9,13-14H2,1-3H3. The van der Waals surface area contributed by atoms with Crippen molar-refractivity contribution in [1.29, 1.82) is 0 Å². The first kappa shape index (κ1) is 21.8. The Bertz CT molecular complexity index is 1070. The van der Waals surface area contributed by atoms with Gasteiger partial charge in [0.15, 0.2) is 11.5 Å². The molecule has 0 spiro atoms. The molecule has 0 radical (unpaired) electrons. The number of methoxy groups -OCH3 is 2. The molecule has 0 aromatic heterocycles. The fourth-order valence-electron chi connectivity index (χ4n) is 3.91. The molecule has 0 saturated heterocycles. The molecule has 1 unspecified atom stereocenters. The van der Waals surface area contributed by atoms with Gasteiger partial charge < -0.3 is 14.4 Å². The maximum Gasteiger partial charge on any atom is 0.262 e. The molecule has 1 aliphatic heterocycles. The van der Waals surface area contributed by atoms with Crippen molar-refractivity contribution in [2.45, 2.75) is 25.3 Å². The number of halogens is 1. The summed E-state index contributed by atoms with van der Waals surface area (Å²) in [6.45, 7) is -0.0901. The Kier molecular flexibility index (Phi) is 6.12. The molecule has 4 rings (SSSR count). The molecular weight excluding hydrogens is 413 g/mol. The second-order valence-electron chi connectivity index (χ2n) is 8.07. The van der Waals surface area contributed by atoms with Crippen LogP contribution in [0.2, 0.25) is 0 Å². The van der Waals surface area contributed by atoms with Gasteiger partial charge in [-0.1, -0.05) is 24.3 Å². The minimum absolute atomic E-state index is 0.0190. The predicted molar refractivity (Wildman–Crippen MR) is 117 cm³/mol. The third-order valence-corrected chi connectivity index (χ3v) is 5.82. The van der Waals surface area contributed by atoms with E-state index in [2.05, 4.69) is 5.10 Å². The summed E-state index contributed by atoms with van der Waals surface area (Å²) in [6.07, 6.45) is 2.07. The van der Waals surface area contributed by atoms with E-state index in [4.69, 9.17) is 9.47 Å². The number of hydrogen-bond acceptors (Lipinski definition) is 5. The molecule has 0 N–H and O–H groups in total. The van der Waals surface area contributed by atoms with E-state index in [0.29, 0.717) is 29.2 Å². The van der Waals surface area contributed by atoms with Crippen LogP contribution in [0.15, 0.2) is 47.6 Å². The Labute approximate surface area is 186 Å². The van der Waals surface area contributed by atoms with E-state index in [0.717, 1.165) is 18.4 Å². The molecule has 1 fully saturated rings. The van der Waals surface area contributed by atoms with E-state index in [-0.39, 0.29) is 24.3 Å². The molecule has 8 heteroatoms. The van der Waals surface area contributed by atoms with Crippen LogP contribution in [0.5, 0.6) is 11.5 Å². The summed E-state index contributed by atoms with van der Waals surface area (Å²) >= 11 is 0. The van der Waals surface area contributed by atoms with Gasteiger partial charge in [-0.3, -0.25) is 9.59 Å². The van der Waals surface area contributed by atoms with Gasteiger partial charge in [-0.05, 0) is 36.6 Å². The lowest BCUT2D eigenvalue weighted by atomic mass is 9.97. The summed E-state index contributed by atoms with van der Waals surface area (Å²) in [5.74, 6) is 0.360. The monoisotopic (exact) mass is 439 g/mol. The van der Waals surface area contributed by atoms with Crippen molar-refractivity contribution >= 4 is 17.5 Å². The molecule has 0 bridgehead atoms. The summed E-state index contributed by atoms with van der Waals surface area (Å²) in [6, 6.07) is 11.3. The summed E-state index contributed by atoms with van der Waals surface area (Å²) in [5, 5.41) is 5.86. The number of carbonyl (C=O) groups excluding carboxylic acids is 2. The number of likely N-dealkylation sites (N-methyl/N-ethyl adjacent to an activating group) is 1. The fraction of sp³-hybridized carbons (Fsp3) is 0.375. The van der Waals surface area contributed by atoms with Crippen LogP contribution in [-0.4, -0.2) is 55.2 Å². The highest BCUT2D eigenvalue weighted by Gasteiger charge is 2.37. The fourth-order valence-corrected chi connectivity index (χ4v) is 3.91. The quantitative estimate of drug-likeness (QED) is 0.663. The Morgan fingerprint density at radius 1 is 1.12 bits per heavy atom. The van der Waals surface area contributed by atoms with Crippen LogP contribution >= 0.6 is 0 Å². The van der Waals surface area contributed by atoms with Gasteiger partial charge in [0.2, 0.25) is 5.91 Å². The average molecular weight is 439 g/mol. The molecule has 168 valence electrons. The number of nitrogens with zero attached hydrogens (tertiary/aromatic N) is 3. The highest BCUT2D eigenvalue weighted by Crippen LogP contribution is 2.38. The average Bonchev–Trinajstić information content (AvgIpc) is 3.56. The molecule has 1 heterocycles. The van der Waals surface area contributed by atoms with E-state index >= 15 is 0 Å². The molecule has 1 saturated carbocycles. The van der Waals surface area contributed by atoms with E-state index in [1.807, 2.05) is 6.07 Å². The van der Waals surface area contributed by atoms with Crippen LogP contribution in [0.4, 0.5) is 4.39 Å². The summed E-state index contributed by atoms with van der Waals surface area (Å²) < 4.78 is 25.2. The summed E-state index contributed by atoms with van der Waals surface area (Å²) in [4.78, 5) is 27.0. The van der Waals surface area contributed by atoms with Gasteiger partial charge in [0, 0.05) is 24.9 Å². The predicted octanol–water partition coefficient (Wildman–Crippen LogP) is 3.39. The van der Waals surface area contributed by atoms with Crippen LogP contribution in [-0.2, 0) is 9.59 Å². The second kappa shape index (κ2) is 8.98. The minimum Gasteiger partial charge on any atom is -0.493 e. The Morgan fingerprint density at radius 2 is 1.84 bits per heavy atom. The first-order valence-electron chi connectivity index (χ1n) is 10.5. The molecule has 2 aliphatic rings. The zero-order chi connectivity index (χ0) is 22.8. The normalized spacial score (nSPS) is 17.7. The number of hydrogen-bond donors (Lipinski definition) is 0. The van der Waals surface area contributed by atoms with Crippen LogP contribution < -0.4 is 9.47 Å². The summed E-state index contributed by atoms with van der Waals surface area (Å²) in [5.41, 5.74) is 1.62.